The van der Waals surface area contributed by atoms with Gasteiger partial charge in [0.15, 0.2) is 5.69 Å². The van der Waals surface area contributed by atoms with E-state index < -0.39 is 11.3 Å². The number of benzene rings is 2. The molecule has 1 aliphatic carbocycles. The summed E-state index contributed by atoms with van der Waals surface area (Å²) in [5, 5.41) is 6.97. The topological polar surface area (TPSA) is 104 Å². The Morgan fingerprint density at radius 3 is 2.31 bits per heavy atom. The summed E-state index contributed by atoms with van der Waals surface area (Å²) in [5.41, 5.74) is 4.96. The lowest BCUT2D eigenvalue weighted by atomic mass is 9.78. The molecular formula is C21H19BrN4O3. The predicted molar refractivity (Wildman–Crippen MR) is 112 cm³/mol. The van der Waals surface area contributed by atoms with Gasteiger partial charge in [-0.3, -0.25) is 25.2 Å². The van der Waals surface area contributed by atoms with Gasteiger partial charge in [-0.15, -0.1) is 0 Å². The molecule has 1 fully saturated rings. The zero-order valence-electron chi connectivity index (χ0n) is 15.5. The van der Waals surface area contributed by atoms with Crippen LogP contribution in [0.15, 0.2) is 57.8 Å². The number of fused-ring (bicyclic) bond motifs is 1. The van der Waals surface area contributed by atoms with Crippen LogP contribution in [0.25, 0.3) is 10.8 Å². The van der Waals surface area contributed by atoms with Crippen LogP contribution in [-0.2, 0) is 10.2 Å². The van der Waals surface area contributed by atoms with Gasteiger partial charge < -0.3 is 0 Å². The second-order valence-corrected chi connectivity index (χ2v) is 8.07. The maximum atomic E-state index is 13.1. The van der Waals surface area contributed by atoms with Crippen molar-refractivity contribution >= 4 is 38.5 Å². The normalized spacial score (nSPS) is 15.2. The predicted octanol–water partition coefficient (Wildman–Crippen LogP) is 2.96. The van der Waals surface area contributed by atoms with Crippen LogP contribution in [0.1, 0.15) is 41.7 Å². The first-order chi connectivity index (χ1) is 14.0. The summed E-state index contributed by atoms with van der Waals surface area (Å²) in [6.07, 6.45) is 3.33. The van der Waals surface area contributed by atoms with Crippen molar-refractivity contribution in [1.82, 2.24) is 21.0 Å². The second kappa shape index (κ2) is 7.79. The van der Waals surface area contributed by atoms with Gasteiger partial charge in [-0.05, 0) is 36.6 Å². The van der Waals surface area contributed by atoms with Crippen LogP contribution in [0.5, 0.6) is 0 Å². The number of aromatic amines is 1. The maximum Gasteiger partial charge on any atom is 0.290 e. The van der Waals surface area contributed by atoms with E-state index >= 15 is 0 Å². The standard InChI is InChI=1S/C21H19BrN4O3/c22-14-9-7-13(8-10-14)21(11-3-4-12-21)20(29)26-25-19(28)17-15-5-1-2-6-16(15)18(27)24-23-17/h1-2,5-10H,3-4,11-12H2,(H,24,27)(H,25,28)(H,26,29). The highest BCUT2D eigenvalue weighted by atomic mass is 79.9. The minimum absolute atomic E-state index is 0.0459. The van der Waals surface area contributed by atoms with Crippen LogP contribution in [0.2, 0.25) is 0 Å². The molecule has 0 atom stereocenters. The van der Waals surface area contributed by atoms with Crippen LogP contribution >= 0.6 is 15.9 Å². The van der Waals surface area contributed by atoms with E-state index in [2.05, 4.69) is 37.0 Å². The molecule has 2 aromatic carbocycles. The molecule has 148 valence electrons. The molecule has 0 aliphatic heterocycles. The van der Waals surface area contributed by atoms with Crippen molar-refractivity contribution in [2.24, 2.45) is 0 Å². The second-order valence-electron chi connectivity index (χ2n) is 7.15. The van der Waals surface area contributed by atoms with E-state index in [1.807, 2.05) is 24.3 Å². The van der Waals surface area contributed by atoms with E-state index in [4.69, 9.17) is 0 Å². The molecule has 4 rings (SSSR count). The Balaban J connectivity index is 1.56. The number of carbonyl (C=O) groups excluding carboxylic acids is 2. The molecule has 29 heavy (non-hydrogen) atoms. The van der Waals surface area contributed by atoms with Crippen molar-refractivity contribution in [2.75, 3.05) is 0 Å². The molecule has 8 heteroatoms. The summed E-state index contributed by atoms with van der Waals surface area (Å²) in [4.78, 5) is 37.6. The van der Waals surface area contributed by atoms with Gasteiger partial charge in [-0.2, -0.15) is 5.10 Å². The summed E-state index contributed by atoms with van der Waals surface area (Å²) in [5.74, 6) is -0.839. The van der Waals surface area contributed by atoms with Gasteiger partial charge in [-0.25, -0.2) is 5.10 Å². The van der Waals surface area contributed by atoms with Gasteiger partial charge in [0.05, 0.1) is 10.8 Å². The van der Waals surface area contributed by atoms with Crippen molar-refractivity contribution < 1.29 is 9.59 Å². The molecule has 2 amide bonds. The van der Waals surface area contributed by atoms with Gasteiger partial charge >= 0.3 is 0 Å². The number of amides is 2. The zero-order valence-corrected chi connectivity index (χ0v) is 17.1. The van der Waals surface area contributed by atoms with Crippen LogP contribution in [0.3, 0.4) is 0 Å². The first-order valence-electron chi connectivity index (χ1n) is 9.35. The summed E-state index contributed by atoms with van der Waals surface area (Å²) in [6, 6.07) is 14.4. The minimum atomic E-state index is -0.672. The first-order valence-corrected chi connectivity index (χ1v) is 10.1. The Kier molecular flexibility index (Phi) is 5.19. The molecule has 1 aliphatic rings. The Hall–Kier alpha value is -3.00. The van der Waals surface area contributed by atoms with Crippen molar-refractivity contribution in [2.45, 2.75) is 31.1 Å². The van der Waals surface area contributed by atoms with Crippen LogP contribution in [0.4, 0.5) is 0 Å². The minimum Gasteiger partial charge on any atom is -0.272 e. The average Bonchev–Trinajstić information content (AvgIpc) is 3.24. The van der Waals surface area contributed by atoms with Crippen LogP contribution in [-0.4, -0.2) is 22.0 Å². The van der Waals surface area contributed by atoms with Gasteiger partial charge in [-0.1, -0.05) is 59.1 Å². The van der Waals surface area contributed by atoms with E-state index in [0.29, 0.717) is 10.8 Å². The largest absolute Gasteiger partial charge is 0.290 e. The third kappa shape index (κ3) is 3.55. The molecule has 0 saturated heterocycles. The maximum absolute atomic E-state index is 13.1. The number of H-pyrrole nitrogens is 1. The third-order valence-corrected chi connectivity index (χ3v) is 6.02. The van der Waals surface area contributed by atoms with Gasteiger partial charge in [0.1, 0.15) is 0 Å². The smallest absolute Gasteiger partial charge is 0.272 e. The molecule has 1 heterocycles. The molecule has 0 unspecified atom stereocenters. The number of halogens is 1. The highest BCUT2D eigenvalue weighted by molar-refractivity contribution is 9.10. The fourth-order valence-corrected chi connectivity index (χ4v) is 4.24. The Morgan fingerprint density at radius 2 is 1.62 bits per heavy atom. The quantitative estimate of drug-likeness (QED) is 0.529. The van der Waals surface area contributed by atoms with Crippen LogP contribution in [0, 0.1) is 0 Å². The summed E-state index contributed by atoms with van der Waals surface area (Å²) in [6.45, 7) is 0. The van der Waals surface area contributed by atoms with Gasteiger partial charge in [0.25, 0.3) is 11.5 Å². The zero-order chi connectivity index (χ0) is 20.4. The highest BCUT2D eigenvalue weighted by Gasteiger charge is 2.42. The lowest BCUT2D eigenvalue weighted by molar-refractivity contribution is -0.127. The van der Waals surface area contributed by atoms with E-state index in [1.165, 1.54) is 0 Å². The van der Waals surface area contributed by atoms with Crippen molar-refractivity contribution in [3.8, 4) is 0 Å². The van der Waals surface area contributed by atoms with Crippen molar-refractivity contribution in [3.05, 3.63) is 74.6 Å². The number of carbonyl (C=O) groups is 2. The first kappa shape index (κ1) is 19.3. The van der Waals surface area contributed by atoms with E-state index in [-0.39, 0.29) is 17.2 Å². The number of rotatable bonds is 3. The Morgan fingerprint density at radius 1 is 0.966 bits per heavy atom. The number of hydrogen-bond acceptors (Lipinski definition) is 4. The van der Waals surface area contributed by atoms with Gasteiger partial charge in [0, 0.05) is 9.86 Å². The fourth-order valence-electron chi connectivity index (χ4n) is 3.97. The molecule has 3 N–H and O–H groups in total. The van der Waals surface area contributed by atoms with E-state index in [0.717, 1.165) is 35.7 Å². The van der Waals surface area contributed by atoms with E-state index in [9.17, 15) is 14.4 Å². The molecule has 7 nitrogen and oxygen atoms in total. The molecule has 0 bridgehead atoms. The molecule has 1 saturated carbocycles. The number of nitrogens with one attached hydrogen (secondary N) is 3. The molecular weight excluding hydrogens is 436 g/mol. The number of hydrazine groups is 1. The van der Waals surface area contributed by atoms with Crippen molar-refractivity contribution in [3.63, 3.8) is 0 Å². The lowest BCUT2D eigenvalue weighted by Gasteiger charge is -2.28. The van der Waals surface area contributed by atoms with Gasteiger partial charge in [0.2, 0.25) is 5.91 Å². The summed E-state index contributed by atoms with van der Waals surface area (Å²) >= 11 is 3.42. The average molecular weight is 455 g/mol. The number of aromatic nitrogens is 2. The lowest BCUT2D eigenvalue weighted by Crippen LogP contribution is -2.50. The molecule has 3 aromatic rings. The summed E-state index contributed by atoms with van der Waals surface area (Å²) < 4.78 is 0.944. The number of hydrogen-bond donors (Lipinski definition) is 3. The monoisotopic (exact) mass is 454 g/mol. The van der Waals surface area contributed by atoms with E-state index in [1.54, 1.807) is 24.3 Å². The van der Waals surface area contributed by atoms with Crippen LogP contribution < -0.4 is 16.4 Å². The Bertz CT molecular complexity index is 1130. The molecule has 0 radical (unpaired) electrons. The highest BCUT2D eigenvalue weighted by Crippen LogP contribution is 2.41. The summed E-state index contributed by atoms with van der Waals surface area (Å²) in [7, 11) is 0. The number of nitrogens with zero attached hydrogens (tertiary/aromatic N) is 1. The van der Waals surface area contributed by atoms with Crippen molar-refractivity contribution in [1.29, 1.82) is 0 Å². The Labute approximate surface area is 175 Å². The fraction of sp³-hybridized carbons (Fsp3) is 0.238. The molecule has 1 aromatic heterocycles. The molecule has 0 spiro atoms. The SMILES string of the molecule is O=C(NNC(=O)C1(c2ccc(Br)cc2)CCCC1)c1n[nH]c(=O)c2ccccc12. The third-order valence-electron chi connectivity index (χ3n) is 5.49.